The van der Waals surface area contributed by atoms with Gasteiger partial charge in [0.25, 0.3) is 11.8 Å². The first-order chi connectivity index (χ1) is 15.2. The number of pyridine rings is 1. The molecule has 1 spiro atoms. The number of amides is 2. The maximum absolute atomic E-state index is 14.1. The number of halogens is 3. The number of aromatic hydroxyl groups is 1. The van der Waals surface area contributed by atoms with Gasteiger partial charge >= 0.3 is 0 Å². The molecule has 0 radical (unpaired) electrons. The highest BCUT2D eigenvalue weighted by atomic mass is 35.5. The number of benzene rings is 1. The molecule has 0 bridgehead atoms. The van der Waals surface area contributed by atoms with E-state index in [2.05, 4.69) is 5.32 Å². The van der Waals surface area contributed by atoms with E-state index in [0.717, 1.165) is 0 Å². The molecule has 2 aliphatic rings. The Hall–Kier alpha value is -2.62. The van der Waals surface area contributed by atoms with Gasteiger partial charge in [-0.2, -0.15) is 0 Å². The van der Waals surface area contributed by atoms with E-state index in [9.17, 15) is 29.0 Å². The number of likely N-dealkylation sites (N-methyl/N-ethyl adjacent to an activating group) is 1. The fourth-order valence-corrected chi connectivity index (χ4v) is 4.87. The second-order valence-corrected chi connectivity index (χ2v) is 8.74. The predicted octanol–water partition coefficient (Wildman–Crippen LogP) is 2.27. The van der Waals surface area contributed by atoms with E-state index in [1.54, 1.807) is 11.8 Å². The van der Waals surface area contributed by atoms with Gasteiger partial charge in [-0.15, -0.1) is 12.4 Å². The molecular formula is C22H24Cl2FN3O5. The zero-order chi connectivity index (χ0) is 23.2. The molecule has 178 valence electrons. The van der Waals surface area contributed by atoms with Crippen molar-refractivity contribution in [2.24, 2.45) is 5.92 Å². The number of aliphatic hydroxyl groups is 1. The lowest BCUT2D eigenvalue weighted by Crippen LogP contribution is -2.61. The summed E-state index contributed by atoms with van der Waals surface area (Å²) >= 11 is 5.76. The number of fused-ring (bicyclic) bond motifs is 2. The van der Waals surface area contributed by atoms with Crippen molar-refractivity contribution in [3.63, 3.8) is 0 Å². The first-order valence-corrected chi connectivity index (χ1v) is 10.7. The van der Waals surface area contributed by atoms with Gasteiger partial charge in [-0.05, 0) is 31.7 Å². The average molecular weight is 500 g/mol. The zero-order valence-electron chi connectivity index (χ0n) is 17.8. The van der Waals surface area contributed by atoms with Gasteiger partial charge in [-0.1, -0.05) is 23.7 Å². The average Bonchev–Trinajstić information content (AvgIpc) is 2.75. The monoisotopic (exact) mass is 499 g/mol. The highest BCUT2D eigenvalue weighted by molar-refractivity contribution is 6.30. The minimum atomic E-state index is -0.972. The van der Waals surface area contributed by atoms with Crippen LogP contribution in [0.2, 0.25) is 5.02 Å². The van der Waals surface area contributed by atoms with Crippen molar-refractivity contribution in [3.8, 4) is 5.75 Å². The Bertz CT molecular complexity index is 1160. The summed E-state index contributed by atoms with van der Waals surface area (Å²) in [6, 6.07) is 4.37. The van der Waals surface area contributed by atoms with Crippen LogP contribution < -0.4 is 10.7 Å². The Morgan fingerprint density at radius 1 is 1.33 bits per heavy atom. The van der Waals surface area contributed by atoms with Gasteiger partial charge < -0.3 is 25.0 Å². The molecule has 11 heteroatoms. The lowest BCUT2D eigenvalue weighted by molar-refractivity contribution is -0.0142. The molecule has 1 aliphatic carbocycles. The molecule has 33 heavy (non-hydrogen) atoms. The first kappa shape index (κ1) is 25.0. The third-order valence-electron chi connectivity index (χ3n) is 6.36. The van der Waals surface area contributed by atoms with E-state index in [4.69, 9.17) is 11.6 Å². The van der Waals surface area contributed by atoms with Crippen LogP contribution in [0.4, 0.5) is 4.39 Å². The lowest BCUT2D eigenvalue weighted by Gasteiger charge is -2.54. The molecule has 0 saturated heterocycles. The number of rotatable bonds is 5. The number of nitrogens with one attached hydrogen (secondary N) is 1. The summed E-state index contributed by atoms with van der Waals surface area (Å²) in [6.07, 6.45) is 2.37. The number of carbonyl (C=O) groups is 2. The topological polar surface area (TPSA) is 112 Å². The molecule has 0 atom stereocenters. The second-order valence-electron chi connectivity index (χ2n) is 8.34. The van der Waals surface area contributed by atoms with Crippen LogP contribution in [0.5, 0.6) is 5.75 Å². The van der Waals surface area contributed by atoms with Gasteiger partial charge in [0.1, 0.15) is 11.4 Å². The van der Waals surface area contributed by atoms with Gasteiger partial charge in [-0.3, -0.25) is 14.4 Å². The Morgan fingerprint density at radius 2 is 2.03 bits per heavy atom. The summed E-state index contributed by atoms with van der Waals surface area (Å²) in [5, 5.41) is 22.5. The standard InChI is InChI=1S/C22H23ClFN3O5.ClH/c1-2-26-11-22(6-12(7-22)10-28)27-9-14(18(29)19(30)17(27)21(26)32)20(31)25-8-13-4-3-5-15(23)16(13)24;/h3-5,9,12,28,30H,2,6-8,10-11H2,1H3,(H,25,31);1H. The van der Waals surface area contributed by atoms with Crippen molar-refractivity contribution in [2.45, 2.75) is 31.8 Å². The summed E-state index contributed by atoms with van der Waals surface area (Å²) < 4.78 is 15.6. The van der Waals surface area contributed by atoms with Gasteiger partial charge in [0, 0.05) is 38.0 Å². The van der Waals surface area contributed by atoms with Crippen molar-refractivity contribution < 1.29 is 24.2 Å². The van der Waals surface area contributed by atoms with Crippen molar-refractivity contribution in [2.75, 3.05) is 19.7 Å². The highest BCUT2D eigenvalue weighted by Crippen LogP contribution is 2.48. The number of hydrogen-bond acceptors (Lipinski definition) is 5. The maximum Gasteiger partial charge on any atom is 0.274 e. The van der Waals surface area contributed by atoms with Gasteiger partial charge in [0.15, 0.2) is 11.4 Å². The van der Waals surface area contributed by atoms with Crippen molar-refractivity contribution >= 4 is 35.8 Å². The van der Waals surface area contributed by atoms with E-state index in [-0.39, 0.29) is 53.3 Å². The van der Waals surface area contributed by atoms with Crippen LogP contribution >= 0.6 is 24.0 Å². The Labute approximate surface area is 200 Å². The van der Waals surface area contributed by atoms with Crippen LogP contribution in [-0.4, -0.2) is 51.2 Å². The minimum Gasteiger partial charge on any atom is -0.503 e. The highest BCUT2D eigenvalue weighted by Gasteiger charge is 2.52. The molecule has 2 heterocycles. The summed E-state index contributed by atoms with van der Waals surface area (Å²) in [7, 11) is 0. The first-order valence-electron chi connectivity index (χ1n) is 10.3. The number of aromatic nitrogens is 1. The van der Waals surface area contributed by atoms with Crippen LogP contribution in [0.3, 0.4) is 0 Å². The number of carbonyl (C=O) groups excluding carboxylic acids is 2. The van der Waals surface area contributed by atoms with E-state index >= 15 is 0 Å². The van der Waals surface area contributed by atoms with E-state index in [0.29, 0.717) is 25.9 Å². The zero-order valence-corrected chi connectivity index (χ0v) is 19.4. The molecule has 1 saturated carbocycles. The van der Waals surface area contributed by atoms with Gasteiger partial charge in [-0.25, -0.2) is 4.39 Å². The molecule has 1 fully saturated rings. The molecule has 2 aromatic rings. The number of nitrogens with zero attached hydrogens (tertiary/aromatic N) is 2. The van der Waals surface area contributed by atoms with Gasteiger partial charge in [0.2, 0.25) is 5.43 Å². The van der Waals surface area contributed by atoms with Crippen LogP contribution in [0.1, 0.15) is 46.2 Å². The quantitative estimate of drug-likeness (QED) is 0.584. The Kier molecular flexibility index (Phi) is 7.07. The second kappa shape index (κ2) is 9.32. The van der Waals surface area contributed by atoms with Crippen molar-refractivity contribution in [1.82, 2.24) is 14.8 Å². The van der Waals surface area contributed by atoms with E-state index in [1.807, 2.05) is 0 Å². The summed E-state index contributed by atoms with van der Waals surface area (Å²) in [4.78, 5) is 40.0. The molecule has 8 nitrogen and oxygen atoms in total. The molecule has 1 aliphatic heterocycles. The van der Waals surface area contributed by atoms with E-state index in [1.165, 1.54) is 29.0 Å². The normalized spacial score (nSPS) is 21.3. The largest absolute Gasteiger partial charge is 0.503 e. The Balaban J connectivity index is 0.00000306. The SMILES string of the molecule is CCN1CC2(CC(CO)C2)n2cc(C(=O)NCc3cccc(Cl)c3F)c(=O)c(O)c2C1=O.Cl. The van der Waals surface area contributed by atoms with E-state index < -0.39 is 34.3 Å². The lowest BCUT2D eigenvalue weighted by atomic mass is 9.67. The smallest absolute Gasteiger partial charge is 0.274 e. The van der Waals surface area contributed by atoms with Crippen molar-refractivity contribution in [1.29, 1.82) is 0 Å². The fraction of sp³-hybridized carbons (Fsp3) is 0.409. The van der Waals surface area contributed by atoms with Crippen molar-refractivity contribution in [3.05, 3.63) is 62.3 Å². The summed E-state index contributed by atoms with van der Waals surface area (Å²) in [5.74, 6) is -2.74. The van der Waals surface area contributed by atoms with Crippen LogP contribution in [0, 0.1) is 11.7 Å². The minimum absolute atomic E-state index is 0. The number of aliphatic hydroxyl groups excluding tert-OH is 1. The molecule has 1 aromatic heterocycles. The maximum atomic E-state index is 14.1. The summed E-state index contributed by atoms with van der Waals surface area (Å²) in [5.41, 5.74) is -1.95. The number of hydrogen-bond donors (Lipinski definition) is 3. The third-order valence-corrected chi connectivity index (χ3v) is 6.65. The van der Waals surface area contributed by atoms with Crippen LogP contribution in [-0.2, 0) is 12.1 Å². The Morgan fingerprint density at radius 3 is 2.67 bits per heavy atom. The van der Waals surface area contributed by atoms with Crippen LogP contribution in [0.25, 0.3) is 0 Å². The molecule has 0 unspecified atom stereocenters. The third kappa shape index (κ3) is 4.09. The molecule has 2 amide bonds. The van der Waals surface area contributed by atoms with Gasteiger partial charge in [0.05, 0.1) is 10.6 Å². The molecular weight excluding hydrogens is 476 g/mol. The predicted molar refractivity (Wildman–Crippen MR) is 122 cm³/mol. The fourth-order valence-electron chi connectivity index (χ4n) is 4.68. The summed E-state index contributed by atoms with van der Waals surface area (Å²) in [6.45, 7) is 2.32. The molecule has 3 N–H and O–H groups in total. The molecule has 4 rings (SSSR count). The molecule has 1 aromatic carbocycles. The van der Waals surface area contributed by atoms with Crippen LogP contribution in [0.15, 0.2) is 29.2 Å².